The monoisotopic (exact) mass is 354 g/mol. The molecule has 0 unspecified atom stereocenters. The number of halogens is 2. The van der Waals surface area contributed by atoms with E-state index in [1.165, 1.54) is 0 Å². The van der Waals surface area contributed by atoms with E-state index in [-0.39, 0.29) is 12.5 Å². The van der Waals surface area contributed by atoms with Crippen LogP contribution in [0.4, 0.5) is 11.4 Å². The van der Waals surface area contributed by atoms with Crippen molar-refractivity contribution in [2.24, 2.45) is 0 Å². The number of hydrogen-bond acceptors (Lipinski definition) is 3. The zero-order valence-electron chi connectivity index (χ0n) is 10.4. The fourth-order valence-corrected chi connectivity index (χ4v) is 1.95. The summed E-state index contributed by atoms with van der Waals surface area (Å²) in [6, 6.07) is 12.1. The zero-order chi connectivity index (χ0) is 14.5. The summed E-state index contributed by atoms with van der Waals surface area (Å²) in [7, 11) is 0. The molecule has 2 rings (SSSR count). The van der Waals surface area contributed by atoms with E-state index in [0.29, 0.717) is 22.1 Å². The molecule has 104 valence electrons. The van der Waals surface area contributed by atoms with Gasteiger partial charge < -0.3 is 15.8 Å². The lowest BCUT2D eigenvalue weighted by Gasteiger charge is -2.08. The minimum absolute atomic E-state index is 0.100. The van der Waals surface area contributed by atoms with Crippen LogP contribution in [0.3, 0.4) is 0 Å². The highest BCUT2D eigenvalue weighted by atomic mass is 79.9. The molecule has 0 aliphatic heterocycles. The van der Waals surface area contributed by atoms with E-state index in [1.807, 2.05) is 0 Å². The quantitative estimate of drug-likeness (QED) is 0.822. The topological polar surface area (TPSA) is 64.3 Å². The molecule has 0 saturated heterocycles. The predicted octanol–water partition coefficient (Wildman–Crippen LogP) is 3.70. The first-order valence-electron chi connectivity index (χ1n) is 5.78. The number of carbonyl (C=O) groups excluding carboxylic acids is 1. The molecule has 3 N–H and O–H groups in total. The van der Waals surface area contributed by atoms with Gasteiger partial charge in [0.25, 0.3) is 5.91 Å². The third kappa shape index (κ3) is 4.15. The number of nitrogens with two attached hydrogens (primary N) is 1. The van der Waals surface area contributed by atoms with Crippen molar-refractivity contribution < 1.29 is 9.53 Å². The van der Waals surface area contributed by atoms with E-state index in [1.54, 1.807) is 42.5 Å². The van der Waals surface area contributed by atoms with E-state index in [9.17, 15) is 4.79 Å². The van der Waals surface area contributed by atoms with Gasteiger partial charge in [0, 0.05) is 21.9 Å². The largest absolute Gasteiger partial charge is 0.484 e. The van der Waals surface area contributed by atoms with Crippen molar-refractivity contribution in [1.82, 2.24) is 0 Å². The first-order valence-corrected chi connectivity index (χ1v) is 6.95. The Morgan fingerprint density at radius 2 is 2.10 bits per heavy atom. The number of rotatable bonds is 4. The van der Waals surface area contributed by atoms with E-state index < -0.39 is 0 Å². The van der Waals surface area contributed by atoms with Crippen LogP contribution in [0.25, 0.3) is 0 Å². The van der Waals surface area contributed by atoms with Gasteiger partial charge in [0.2, 0.25) is 0 Å². The second-order valence-electron chi connectivity index (χ2n) is 4.04. The van der Waals surface area contributed by atoms with Crippen LogP contribution in [0.15, 0.2) is 46.9 Å². The Morgan fingerprint density at radius 3 is 2.80 bits per heavy atom. The lowest BCUT2D eigenvalue weighted by Crippen LogP contribution is -2.20. The number of amides is 1. The number of benzene rings is 2. The van der Waals surface area contributed by atoms with Crippen LogP contribution in [-0.2, 0) is 4.79 Å². The second-order valence-corrected chi connectivity index (χ2v) is 5.30. The summed E-state index contributed by atoms with van der Waals surface area (Å²) in [5.74, 6) is 0.278. The maximum Gasteiger partial charge on any atom is 0.262 e. The fourth-order valence-electron chi connectivity index (χ4n) is 1.52. The van der Waals surface area contributed by atoms with Crippen molar-refractivity contribution in [2.75, 3.05) is 17.7 Å². The van der Waals surface area contributed by atoms with E-state index in [2.05, 4.69) is 21.2 Å². The maximum atomic E-state index is 11.7. The van der Waals surface area contributed by atoms with Gasteiger partial charge in [-0.25, -0.2) is 0 Å². The molecular formula is C14H12BrClN2O2. The van der Waals surface area contributed by atoms with Crippen LogP contribution in [0.2, 0.25) is 5.02 Å². The first kappa shape index (κ1) is 14.7. The summed E-state index contributed by atoms with van der Waals surface area (Å²) in [5, 5.41) is 3.22. The number of nitrogens with one attached hydrogen (secondary N) is 1. The molecule has 0 heterocycles. The maximum absolute atomic E-state index is 11.7. The minimum atomic E-state index is -0.272. The highest BCUT2D eigenvalue weighted by molar-refractivity contribution is 9.10. The summed E-state index contributed by atoms with van der Waals surface area (Å²) in [6.07, 6.45) is 0. The molecule has 20 heavy (non-hydrogen) atoms. The SMILES string of the molecule is Nc1cccc(OCC(=O)Nc2ccc(Br)c(Cl)c2)c1. The van der Waals surface area contributed by atoms with Crippen LogP contribution < -0.4 is 15.8 Å². The molecule has 2 aromatic carbocycles. The molecule has 0 aliphatic rings. The van der Waals surface area contributed by atoms with E-state index in [0.717, 1.165) is 4.47 Å². The van der Waals surface area contributed by atoms with Crippen molar-refractivity contribution in [3.05, 3.63) is 52.0 Å². The normalized spacial score (nSPS) is 10.1. The van der Waals surface area contributed by atoms with Crippen LogP contribution in [0, 0.1) is 0 Å². The number of nitrogen functional groups attached to an aromatic ring is 1. The molecule has 4 nitrogen and oxygen atoms in total. The van der Waals surface area contributed by atoms with Crippen molar-refractivity contribution in [2.45, 2.75) is 0 Å². The number of anilines is 2. The number of ether oxygens (including phenoxy) is 1. The van der Waals surface area contributed by atoms with Gasteiger partial charge in [0.1, 0.15) is 5.75 Å². The molecule has 0 radical (unpaired) electrons. The summed E-state index contributed by atoms with van der Waals surface area (Å²) >= 11 is 9.23. The van der Waals surface area contributed by atoms with Crippen LogP contribution >= 0.6 is 27.5 Å². The van der Waals surface area contributed by atoms with Crippen molar-refractivity contribution >= 4 is 44.8 Å². The Labute approximate surface area is 130 Å². The molecule has 2 aromatic rings. The number of carbonyl (C=O) groups is 1. The number of hydrogen-bond donors (Lipinski definition) is 2. The van der Waals surface area contributed by atoms with Gasteiger partial charge in [-0.15, -0.1) is 0 Å². The van der Waals surface area contributed by atoms with Crippen LogP contribution in [-0.4, -0.2) is 12.5 Å². The van der Waals surface area contributed by atoms with Crippen molar-refractivity contribution in [3.8, 4) is 5.75 Å². The fraction of sp³-hybridized carbons (Fsp3) is 0.0714. The van der Waals surface area contributed by atoms with Gasteiger partial charge in [0.15, 0.2) is 6.61 Å². The van der Waals surface area contributed by atoms with Crippen molar-refractivity contribution in [1.29, 1.82) is 0 Å². The summed E-state index contributed by atoms with van der Waals surface area (Å²) in [6.45, 7) is -0.100. The molecule has 0 saturated carbocycles. The van der Waals surface area contributed by atoms with Gasteiger partial charge in [-0.05, 0) is 46.3 Å². The van der Waals surface area contributed by atoms with Crippen LogP contribution in [0.1, 0.15) is 0 Å². The minimum Gasteiger partial charge on any atom is -0.484 e. The lowest BCUT2D eigenvalue weighted by molar-refractivity contribution is -0.118. The molecule has 0 fully saturated rings. The Hall–Kier alpha value is -1.72. The molecule has 0 atom stereocenters. The Bertz CT molecular complexity index is 634. The molecule has 1 amide bonds. The third-order valence-corrected chi connectivity index (χ3v) is 3.66. The van der Waals surface area contributed by atoms with E-state index >= 15 is 0 Å². The van der Waals surface area contributed by atoms with Crippen molar-refractivity contribution in [3.63, 3.8) is 0 Å². The molecule has 0 bridgehead atoms. The van der Waals surface area contributed by atoms with Crippen LogP contribution in [0.5, 0.6) is 5.75 Å². The lowest BCUT2D eigenvalue weighted by atomic mass is 10.3. The van der Waals surface area contributed by atoms with Gasteiger partial charge in [-0.1, -0.05) is 17.7 Å². The second kappa shape index (κ2) is 6.63. The molecule has 0 aliphatic carbocycles. The molecular weight excluding hydrogens is 344 g/mol. The molecule has 0 spiro atoms. The van der Waals surface area contributed by atoms with Gasteiger partial charge in [-0.3, -0.25) is 4.79 Å². The van der Waals surface area contributed by atoms with Gasteiger partial charge in [-0.2, -0.15) is 0 Å². The molecule has 0 aromatic heterocycles. The Morgan fingerprint density at radius 1 is 1.30 bits per heavy atom. The summed E-state index contributed by atoms with van der Waals surface area (Å²) in [5.41, 5.74) is 6.82. The summed E-state index contributed by atoms with van der Waals surface area (Å²) < 4.78 is 6.11. The highest BCUT2D eigenvalue weighted by Gasteiger charge is 2.05. The standard InChI is InChI=1S/C14H12BrClN2O2/c15-12-5-4-10(7-13(12)16)18-14(19)8-20-11-3-1-2-9(17)6-11/h1-7H,8,17H2,(H,18,19). The smallest absolute Gasteiger partial charge is 0.262 e. The average Bonchev–Trinajstić information content (AvgIpc) is 2.41. The van der Waals surface area contributed by atoms with Gasteiger partial charge in [0.05, 0.1) is 5.02 Å². The third-order valence-electron chi connectivity index (χ3n) is 2.43. The predicted molar refractivity (Wildman–Crippen MR) is 84.1 cm³/mol. The van der Waals surface area contributed by atoms with E-state index in [4.69, 9.17) is 22.1 Å². The zero-order valence-corrected chi connectivity index (χ0v) is 12.7. The summed E-state index contributed by atoms with van der Waals surface area (Å²) in [4.78, 5) is 11.7. The average molecular weight is 356 g/mol. The highest BCUT2D eigenvalue weighted by Crippen LogP contribution is 2.25. The molecule has 6 heteroatoms. The first-order chi connectivity index (χ1) is 9.54. The Kier molecular flexibility index (Phi) is 4.87. The Balaban J connectivity index is 1.91. The van der Waals surface area contributed by atoms with Gasteiger partial charge >= 0.3 is 0 Å².